The van der Waals surface area contributed by atoms with Gasteiger partial charge in [-0.1, -0.05) is 43.8 Å². The number of rotatable bonds is 8. The minimum atomic E-state index is -0.212. The monoisotopic (exact) mass is 427 g/mol. The second kappa shape index (κ2) is 9.17. The number of anilines is 1. The maximum absolute atomic E-state index is 12.3. The predicted molar refractivity (Wildman–Crippen MR) is 117 cm³/mol. The molecule has 0 unspecified atom stereocenters. The molecular formula is C21H25N5O3S. The van der Waals surface area contributed by atoms with Crippen LogP contribution in [0, 0.1) is 0 Å². The topological polar surface area (TPSA) is 95.1 Å². The molecule has 158 valence electrons. The van der Waals surface area contributed by atoms with Crippen LogP contribution >= 0.6 is 11.8 Å². The summed E-state index contributed by atoms with van der Waals surface area (Å²) in [7, 11) is 1.62. The maximum Gasteiger partial charge on any atom is 0.237 e. The number of allylic oxidation sites excluding steroid dienone is 1. The summed E-state index contributed by atoms with van der Waals surface area (Å²) in [5.41, 5.74) is 1.53. The molecule has 3 aromatic rings. The number of thioether (sulfide) groups is 1. The van der Waals surface area contributed by atoms with Crippen LogP contribution in [0.5, 0.6) is 5.75 Å². The summed E-state index contributed by atoms with van der Waals surface area (Å²) in [6.45, 7) is 10.4. The second-order valence-corrected chi connectivity index (χ2v) is 8.54. The number of ether oxygens (including phenoxy) is 1. The number of nitrogens with zero attached hydrogens (tertiary/aromatic N) is 4. The van der Waals surface area contributed by atoms with E-state index in [9.17, 15) is 4.79 Å². The largest absolute Gasteiger partial charge is 0.497 e. The van der Waals surface area contributed by atoms with E-state index in [1.807, 2.05) is 49.6 Å². The average molecular weight is 428 g/mol. The maximum atomic E-state index is 12.3. The third-order valence-corrected chi connectivity index (χ3v) is 5.22. The lowest BCUT2D eigenvalue weighted by Crippen LogP contribution is -2.14. The summed E-state index contributed by atoms with van der Waals surface area (Å²) in [4.78, 5) is 12.3. The highest BCUT2D eigenvalue weighted by Crippen LogP contribution is 2.27. The van der Waals surface area contributed by atoms with Gasteiger partial charge in [-0.05, 0) is 24.3 Å². The molecule has 0 spiro atoms. The van der Waals surface area contributed by atoms with Gasteiger partial charge in [0.2, 0.25) is 11.8 Å². The van der Waals surface area contributed by atoms with Gasteiger partial charge in [0.25, 0.3) is 0 Å². The van der Waals surface area contributed by atoms with Crippen molar-refractivity contribution in [2.24, 2.45) is 0 Å². The number of methoxy groups -OCH3 is 1. The Labute approximate surface area is 179 Å². The van der Waals surface area contributed by atoms with E-state index in [0.29, 0.717) is 23.4 Å². The Kier molecular flexibility index (Phi) is 6.61. The van der Waals surface area contributed by atoms with Crippen LogP contribution in [0.2, 0.25) is 0 Å². The van der Waals surface area contributed by atoms with E-state index < -0.39 is 0 Å². The number of carbonyl (C=O) groups excluding carboxylic acids is 1. The molecule has 3 rings (SSSR count). The number of hydrogen-bond acceptors (Lipinski definition) is 7. The lowest BCUT2D eigenvalue weighted by Gasteiger charge is -2.12. The van der Waals surface area contributed by atoms with Gasteiger partial charge in [-0.25, -0.2) is 0 Å². The smallest absolute Gasteiger partial charge is 0.237 e. The predicted octanol–water partition coefficient (Wildman–Crippen LogP) is 4.16. The van der Waals surface area contributed by atoms with E-state index in [2.05, 4.69) is 27.2 Å². The number of hydrogen-bond donors (Lipinski definition) is 1. The van der Waals surface area contributed by atoms with Gasteiger partial charge in [0, 0.05) is 23.6 Å². The average Bonchev–Trinajstić information content (AvgIpc) is 3.34. The van der Waals surface area contributed by atoms with Crippen LogP contribution in [-0.4, -0.2) is 38.7 Å². The van der Waals surface area contributed by atoms with Crippen molar-refractivity contribution in [1.82, 2.24) is 19.9 Å². The quantitative estimate of drug-likeness (QED) is 0.426. The Morgan fingerprint density at radius 2 is 2.03 bits per heavy atom. The van der Waals surface area contributed by atoms with Crippen molar-refractivity contribution >= 4 is 23.6 Å². The van der Waals surface area contributed by atoms with Crippen molar-refractivity contribution in [3.05, 3.63) is 48.7 Å². The summed E-state index contributed by atoms with van der Waals surface area (Å²) in [5, 5.41) is 15.9. The Balaban J connectivity index is 1.68. The molecular weight excluding hydrogens is 402 g/mol. The lowest BCUT2D eigenvalue weighted by atomic mass is 9.92. The second-order valence-electron chi connectivity index (χ2n) is 7.60. The van der Waals surface area contributed by atoms with Crippen molar-refractivity contribution in [1.29, 1.82) is 0 Å². The highest BCUT2D eigenvalue weighted by molar-refractivity contribution is 7.99. The van der Waals surface area contributed by atoms with Crippen LogP contribution in [0.25, 0.3) is 11.4 Å². The molecule has 0 saturated heterocycles. The van der Waals surface area contributed by atoms with Crippen LogP contribution in [0.4, 0.5) is 5.88 Å². The van der Waals surface area contributed by atoms with E-state index in [1.54, 1.807) is 19.3 Å². The first-order valence-electron chi connectivity index (χ1n) is 9.40. The SMILES string of the molecule is C=CCn1c(SCC(=O)Nc2cc(C(C)(C)C)no2)nnc1-c1ccc(OC)cc1. The van der Waals surface area contributed by atoms with Gasteiger partial charge in [-0.3, -0.25) is 14.7 Å². The minimum absolute atomic E-state index is 0.153. The standard InChI is InChI=1S/C21H25N5O3S/c1-6-11-26-19(14-7-9-15(28-5)10-8-14)23-24-20(26)30-13-17(27)22-18-12-16(25-29-18)21(2,3)4/h6-10,12H,1,11,13H2,2-5H3,(H,22,27). The molecule has 2 heterocycles. The molecule has 1 aromatic carbocycles. The van der Waals surface area contributed by atoms with E-state index >= 15 is 0 Å². The van der Waals surface area contributed by atoms with Crippen LogP contribution in [0.15, 0.2) is 52.7 Å². The van der Waals surface area contributed by atoms with Gasteiger partial charge in [0.05, 0.1) is 18.6 Å². The van der Waals surface area contributed by atoms with E-state index in [0.717, 1.165) is 17.0 Å². The van der Waals surface area contributed by atoms with Crippen LogP contribution in [0.1, 0.15) is 26.5 Å². The zero-order valence-electron chi connectivity index (χ0n) is 17.5. The van der Waals surface area contributed by atoms with Crippen molar-refractivity contribution < 1.29 is 14.1 Å². The molecule has 0 aliphatic carbocycles. The zero-order chi connectivity index (χ0) is 21.7. The molecule has 0 saturated carbocycles. The van der Waals surface area contributed by atoms with Gasteiger partial charge < -0.3 is 9.26 Å². The summed E-state index contributed by atoms with van der Waals surface area (Å²) in [6.07, 6.45) is 1.77. The minimum Gasteiger partial charge on any atom is -0.497 e. The van der Waals surface area contributed by atoms with Gasteiger partial charge in [0.15, 0.2) is 11.0 Å². The summed E-state index contributed by atoms with van der Waals surface area (Å²) in [5.74, 6) is 1.74. The van der Waals surface area contributed by atoms with E-state index in [1.165, 1.54) is 11.8 Å². The molecule has 9 heteroatoms. The van der Waals surface area contributed by atoms with Gasteiger partial charge in [-0.15, -0.1) is 16.8 Å². The normalized spacial score (nSPS) is 11.3. The number of aromatic nitrogens is 4. The highest BCUT2D eigenvalue weighted by atomic mass is 32.2. The van der Waals surface area contributed by atoms with E-state index in [-0.39, 0.29) is 17.1 Å². The number of nitrogens with one attached hydrogen (secondary N) is 1. The summed E-state index contributed by atoms with van der Waals surface area (Å²) >= 11 is 1.29. The molecule has 0 aliphatic heterocycles. The molecule has 2 aromatic heterocycles. The fourth-order valence-electron chi connectivity index (χ4n) is 2.63. The third kappa shape index (κ3) is 5.10. The van der Waals surface area contributed by atoms with Crippen LogP contribution in [0.3, 0.4) is 0 Å². The van der Waals surface area contributed by atoms with Crippen molar-refractivity contribution in [3.8, 4) is 17.1 Å². The molecule has 0 atom stereocenters. The van der Waals surface area contributed by atoms with Crippen molar-refractivity contribution in [2.75, 3.05) is 18.2 Å². The van der Waals surface area contributed by atoms with Gasteiger partial charge in [-0.2, -0.15) is 0 Å². The zero-order valence-corrected chi connectivity index (χ0v) is 18.3. The molecule has 1 N–H and O–H groups in total. The summed E-state index contributed by atoms with van der Waals surface area (Å²) in [6, 6.07) is 9.31. The Hall–Kier alpha value is -3.07. The summed E-state index contributed by atoms with van der Waals surface area (Å²) < 4.78 is 12.3. The lowest BCUT2D eigenvalue weighted by molar-refractivity contribution is -0.113. The van der Waals surface area contributed by atoms with Crippen molar-refractivity contribution in [2.45, 2.75) is 37.9 Å². The molecule has 0 radical (unpaired) electrons. The number of benzene rings is 1. The van der Waals surface area contributed by atoms with Gasteiger partial charge in [0.1, 0.15) is 5.75 Å². The fraction of sp³-hybridized carbons (Fsp3) is 0.333. The number of carbonyl (C=O) groups is 1. The Bertz CT molecular complexity index is 1020. The van der Waals surface area contributed by atoms with Crippen LogP contribution < -0.4 is 10.1 Å². The van der Waals surface area contributed by atoms with Crippen LogP contribution in [-0.2, 0) is 16.8 Å². The third-order valence-electron chi connectivity index (χ3n) is 4.25. The first-order chi connectivity index (χ1) is 14.3. The highest BCUT2D eigenvalue weighted by Gasteiger charge is 2.20. The van der Waals surface area contributed by atoms with Crippen molar-refractivity contribution in [3.63, 3.8) is 0 Å². The molecule has 0 aliphatic rings. The number of amides is 1. The Morgan fingerprint density at radius 3 is 2.63 bits per heavy atom. The molecule has 0 fully saturated rings. The molecule has 1 amide bonds. The fourth-order valence-corrected chi connectivity index (χ4v) is 3.38. The Morgan fingerprint density at radius 1 is 1.30 bits per heavy atom. The molecule has 30 heavy (non-hydrogen) atoms. The molecule has 8 nitrogen and oxygen atoms in total. The first kappa shape index (κ1) is 21.6. The van der Waals surface area contributed by atoms with Gasteiger partial charge >= 0.3 is 0 Å². The first-order valence-corrected chi connectivity index (χ1v) is 10.4. The molecule has 0 bridgehead atoms. The van der Waals surface area contributed by atoms with E-state index in [4.69, 9.17) is 9.26 Å².